The van der Waals surface area contributed by atoms with E-state index >= 15 is 0 Å². The zero-order valence-corrected chi connectivity index (χ0v) is 31.8. The number of aliphatic hydroxyl groups is 1. The molecule has 0 bridgehead atoms. The fraction of sp³-hybridized carbons (Fsp3) is 0.447. The Kier molecular flexibility index (Phi) is 15.0. The van der Waals surface area contributed by atoms with Crippen LogP contribution in [0.25, 0.3) is 0 Å². The summed E-state index contributed by atoms with van der Waals surface area (Å²) in [5.74, 6) is -0.351. The van der Waals surface area contributed by atoms with E-state index in [0.717, 1.165) is 31.7 Å². The number of aliphatic hydroxyl groups excluding tert-OH is 1. The maximum atomic E-state index is 13.9. The zero-order chi connectivity index (χ0) is 36.9. The summed E-state index contributed by atoms with van der Waals surface area (Å²) in [6.07, 6.45) is 0.925. The molecule has 0 radical (unpaired) electrons. The van der Waals surface area contributed by atoms with Crippen LogP contribution in [0.4, 0.5) is 9.59 Å². The topological polar surface area (TPSA) is 146 Å². The van der Waals surface area contributed by atoms with Crippen molar-refractivity contribution in [3.63, 3.8) is 0 Å². The van der Waals surface area contributed by atoms with Crippen molar-refractivity contribution in [2.75, 3.05) is 7.05 Å². The Morgan fingerprint density at radius 2 is 1.57 bits per heavy atom. The van der Waals surface area contributed by atoms with E-state index in [0.29, 0.717) is 25.3 Å². The predicted octanol–water partition coefficient (Wildman–Crippen LogP) is 6.21. The Morgan fingerprint density at radius 1 is 0.922 bits per heavy atom. The van der Waals surface area contributed by atoms with Gasteiger partial charge in [-0.15, -0.1) is 22.7 Å². The lowest BCUT2D eigenvalue weighted by atomic mass is 9.93. The molecule has 4 atom stereocenters. The first-order valence-corrected chi connectivity index (χ1v) is 18.9. The predicted molar refractivity (Wildman–Crippen MR) is 202 cm³/mol. The molecule has 2 heterocycles. The van der Waals surface area contributed by atoms with Crippen LogP contribution in [0.5, 0.6) is 0 Å². The first kappa shape index (κ1) is 39.5. The number of aryl methyl sites for hydroxylation is 1. The van der Waals surface area contributed by atoms with Gasteiger partial charge < -0.3 is 30.7 Å². The van der Waals surface area contributed by atoms with Crippen LogP contribution in [0.3, 0.4) is 0 Å². The molecule has 4 N–H and O–H groups in total. The first-order chi connectivity index (χ1) is 24.4. The molecular weight excluding hydrogens is 685 g/mol. The molecule has 2 aromatic heterocycles. The normalized spacial score (nSPS) is 13.7. The van der Waals surface area contributed by atoms with Gasteiger partial charge >= 0.3 is 12.1 Å². The van der Waals surface area contributed by atoms with Crippen molar-refractivity contribution < 1.29 is 24.2 Å². The van der Waals surface area contributed by atoms with Crippen LogP contribution >= 0.6 is 22.7 Å². The van der Waals surface area contributed by atoms with Crippen LogP contribution in [-0.2, 0) is 35.5 Å². The Morgan fingerprint density at radius 3 is 2.14 bits per heavy atom. The van der Waals surface area contributed by atoms with Crippen molar-refractivity contribution >= 4 is 40.7 Å². The molecule has 4 amide bonds. The summed E-state index contributed by atoms with van der Waals surface area (Å²) in [5.41, 5.74) is 2.68. The van der Waals surface area contributed by atoms with Crippen LogP contribution in [0.1, 0.15) is 71.7 Å². The molecule has 0 saturated heterocycles. The fourth-order valence-corrected chi connectivity index (χ4v) is 7.08. The Bertz CT molecular complexity index is 1680. The fourth-order valence-electron chi connectivity index (χ4n) is 5.54. The van der Waals surface area contributed by atoms with Gasteiger partial charge in [0, 0.05) is 30.6 Å². The van der Waals surface area contributed by atoms with Crippen LogP contribution in [0, 0.1) is 12.8 Å². The third-order valence-corrected chi connectivity index (χ3v) is 10.4. The molecule has 0 aliphatic rings. The monoisotopic (exact) mass is 734 g/mol. The lowest BCUT2D eigenvalue weighted by molar-refractivity contribution is -0.125. The molecule has 274 valence electrons. The van der Waals surface area contributed by atoms with Crippen molar-refractivity contribution in [1.29, 1.82) is 0 Å². The van der Waals surface area contributed by atoms with E-state index in [2.05, 4.69) is 39.8 Å². The number of alkyl carbamates (subject to hydrolysis) is 1. The van der Waals surface area contributed by atoms with Gasteiger partial charge in [0.05, 0.1) is 39.3 Å². The largest absolute Gasteiger partial charge is 0.444 e. The molecule has 13 heteroatoms. The third kappa shape index (κ3) is 12.7. The second-order valence-corrected chi connectivity index (χ2v) is 15.6. The number of rotatable bonds is 17. The summed E-state index contributed by atoms with van der Waals surface area (Å²) < 4.78 is 5.50. The number of aromatic nitrogens is 2. The van der Waals surface area contributed by atoms with Gasteiger partial charge in [-0.25, -0.2) is 19.6 Å². The van der Waals surface area contributed by atoms with E-state index < -0.39 is 42.3 Å². The average molecular weight is 735 g/mol. The van der Waals surface area contributed by atoms with Gasteiger partial charge in [0.1, 0.15) is 12.6 Å². The van der Waals surface area contributed by atoms with E-state index in [1.165, 1.54) is 16.2 Å². The van der Waals surface area contributed by atoms with Crippen molar-refractivity contribution in [1.82, 2.24) is 30.8 Å². The van der Waals surface area contributed by atoms with E-state index in [1.807, 2.05) is 86.8 Å². The van der Waals surface area contributed by atoms with Gasteiger partial charge in [-0.05, 0) is 43.2 Å². The van der Waals surface area contributed by atoms with Crippen molar-refractivity contribution in [2.24, 2.45) is 5.92 Å². The highest BCUT2D eigenvalue weighted by molar-refractivity contribution is 7.11. The number of thiazole rings is 2. The number of carbonyl (C=O) groups excluding carboxylic acids is 3. The average Bonchev–Trinajstić information content (AvgIpc) is 3.75. The number of carbonyl (C=O) groups is 3. The molecule has 11 nitrogen and oxygen atoms in total. The maximum Gasteiger partial charge on any atom is 0.407 e. The molecular formula is C38H50N6O5S2. The zero-order valence-electron chi connectivity index (χ0n) is 30.2. The quantitative estimate of drug-likeness (QED) is 0.101. The van der Waals surface area contributed by atoms with Crippen LogP contribution in [0.15, 0.2) is 72.2 Å². The number of hydrogen-bond donors (Lipinski definition) is 4. The molecule has 0 aliphatic carbocycles. The summed E-state index contributed by atoms with van der Waals surface area (Å²) in [6, 6.07) is 16.8. The molecule has 4 aromatic rings. The van der Waals surface area contributed by atoms with E-state index in [9.17, 15) is 19.5 Å². The number of nitrogens with one attached hydrogen (secondary N) is 3. The molecule has 2 aromatic carbocycles. The van der Waals surface area contributed by atoms with Gasteiger partial charge in [-0.3, -0.25) is 4.79 Å². The SMILES string of the molecule is Cc1ncc(COC(=O)N[C@@H](Cc2ccccc2)C[C@H](O)[C@H](Cc2ccccc2)NC(=O)[C@@H](NC(=O)N(C)Cc2csc(C(C)C)n2)C(C)C)s1. The molecule has 0 fully saturated rings. The Labute approximate surface area is 308 Å². The molecule has 4 rings (SSSR count). The van der Waals surface area contributed by atoms with Crippen molar-refractivity contribution in [3.8, 4) is 0 Å². The molecule has 0 unspecified atom stereocenters. The summed E-state index contributed by atoms with van der Waals surface area (Å²) >= 11 is 3.02. The standard InChI is InChI=1S/C38H50N6O5S2/c1-24(2)34(43-37(47)44(6)21-30-23-50-36(40-30)25(3)4)35(46)42-32(18-28-15-11-8-12-16-28)33(45)19-29(17-27-13-9-7-10-14-27)41-38(48)49-22-31-20-39-26(5)51-31/h7-16,20,23-25,29,32-34,45H,17-19,21-22H2,1-6H3,(H,41,48)(H,42,46)(H,43,47)/t29-,32-,33-,34-/m0/s1. The highest BCUT2D eigenvalue weighted by Gasteiger charge is 2.31. The van der Waals surface area contributed by atoms with Crippen molar-refractivity contribution in [2.45, 2.75) is 97.2 Å². The number of urea groups is 1. The smallest absolute Gasteiger partial charge is 0.407 e. The Hall–Kier alpha value is -4.33. The minimum absolute atomic E-state index is 0.0882. The molecule has 0 saturated carbocycles. The van der Waals surface area contributed by atoms with E-state index in [1.54, 1.807) is 24.6 Å². The van der Waals surface area contributed by atoms with Crippen LogP contribution < -0.4 is 16.0 Å². The minimum atomic E-state index is -1.06. The maximum absolute atomic E-state index is 13.9. The number of amides is 4. The van der Waals surface area contributed by atoms with Crippen LogP contribution in [-0.4, -0.2) is 69.3 Å². The molecule has 0 aliphatic heterocycles. The second-order valence-electron chi connectivity index (χ2n) is 13.4. The number of hydrogen-bond acceptors (Lipinski definition) is 9. The summed E-state index contributed by atoms with van der Waals surface area (Å²) in [5, 5.41) is 24.5. The molecule has 0 spiro atoms. The van der Waals surface area contributed by atoms with E-state index in [-0.39, 0.29) is 18.9 Å². The van der Waals surface area contributed by atoms with Crippen molar-refractivity contribution in [3.05, 3.63) is 104 Å². The number of benzene rings is 2. The van der Waals surface area contributed by atoms with Gasteiger partial charge in [-0.1, -0.05) is 88.4 Å². The summed E-state index contributed by atoms with van der Waals surface area (Å²) in [6.45, 7) is 10.2. The van der Waals surface area contributed by atoms with Crippen LogP contribution in [0.2, 0.25) is 0 Å². The minimum Gasteiger partial charge on any atom is -0.444 e. The van der Waals surface area contributed by atoms with E-state index in [4.69, 9.17) is 4.74 Å². The highest BCUT2D eigenvalue weighted by Crippen LogP contribution is 2.20. The summed E-state index contributed by atoms with van der Waals surface area (Å²) in [7, 11) is 1.67. The van der Waals surface area contributed by atoms with Gasteiger partial charge in [0.2, 0.25) is 5.91 Å². The lowest BCUT2D eigenvalue weighted by Crippen LogP contribution is -2.57. The van der Waals surface area contributed by atoms with Gasteiger partial charge in [-0.2, -0.15) is 0 Å². The second kappa shape index (κ2) is 19.3. The number of ether oxygens (including phenoxy) is 1. The van der Waals surface area contributed by atoms with Gasteiger partial charge in [0.25, 0.3) is 0 Å². The summed E-state index contributed by atoms with van der Waals surface area (Å²) in [4.78, 5) is 51.3. The third-order valence-electron chi connectivity index (χ3n) is 8.32. The lowest BCUT2D eigenvalue weighted by Gasteiger charge is -2.31. The number of nitrogens with zero attached hydrogens (tertiary/aromatic N) is 3. The Balaban J connectivity index is 1.47. The first-order valence-electron chi connectivity index (χ1n) is 17.2. The van der Waals surface area contributed by atoms with Gasteiger partial charge in [0.15, 0.2) is 0 Å². The highest BCUT2D eigenvalue weighted by atomic mass is 32.1. The molecule has 51 heavy (non-hydrogen) atoms.